The number of ether oxygens (including phenoxy) is 4. The van der Waals surface area contributed by atoms with Gasteiger partial charge in [0, 0.05) is 12.8 Å². The zero-order valence-corrected chi connectivity index (χ0v) is 59.9. The van der Waals surface area contributed by atoms with E-state index in [1.807, 2.05) is 21.1 Å². The van der Waals surface area contributed by atoms with Crippen LogP contribution in [-0.2, 0) is 33.3 Å². The van der Waals surface area contributed by atoms with Crippen LogP contribution < -0.4 is 5.11 Å². The second-order valence-electron chi connectivity index (χ2n) is 26.6. The van der Waals surface area contributed by atoms with E-state index in [1.165, 1.54) is 218 Å². The molecule has 91 heavy (non-hydrogen) atoms. The summed E-state index contributed by atoms with van der Waals surface area (Å²) in [6.45, 7) is 4.61. The molecule has 0 bridgehead atoms. The summed E-state index contributed by atoms with van der Waals surface area (Å²) in [5, 5.41) is 11.8. The number of carboxylic acids is 1. The average molecular weight is 1270 g/mol. The fourth-order valence-electron chi connectivity index (χ4n) is 10.7. The Labute approximate surface area is 562 Å². The van der Waals surface area contributed by atoms with Crippen molar-refractivity contribution in [1.29, 1.82) is 0 Å². The lowest BCUT2D eigenvalue weighted by Gasteiger charge is -2.26. The van der Waals surface area contributed by atoms with Crippen molar-refractivity contribution >= 4 is 17.9 Å². The maximum atomic E-state index is 12.9. The van der Waals surface area contributed by atoms with E-state index in [9.17, 15) is 19.5 Å². The molecule has 524 valence electrons. The number of quaternary nitrogens is 1. The summed E-state index contributed by atoms with van der Waals surface area (Å²) in [7, 11) is 5.92. The van der Waals surface area contributed by atoms with E-state index in [-0.39, 0.29) is 38.6 Å². The maximum absolute atomic E-state index is 12.9. The van der Waals surface area contributed by atoms with Crippen molar-refractivity contribution in [3.8, 4) is 0 Å². The van der Waals surface area contributed by atoms with Crippen LogP contribution in [-0.4, -0.2) is 82.3 Å². The van der Waals surface area contributed by atoms with Crippen LogP contribution >= 0.6 is 0 Å². The smallest absolute Gasteiger partial charge is 0.306 e. The lowest BCUT2D eigenvalue weighted by Crippen LogP contribution is -2.44. The van der Waals surface area contributed by atoms with Crippen molar-refractivity contribution in [1.82, 2.24) is 0 Å². The van der Waals surface area contributed by atoms with Gasteiger partial charge < -0.3 is 33.3 Å². The average Bonchev–Trinajstić information content (AvgIpc) is 3.46. The Bertz CT molecular complexity index is 1870. The number of unbranched alkanes of at least 4 members (excludes halogenated alkanes) is 37. The van der Waals surface area contributed by atoms with E-state index in [4.69, 9.17) is 18.9 Å². The molecule has 0 fully saturated rings. The Hall–Kier alpha value is -4.05. The molecular weight excluding hydrogens is 1130 g/mol. The first kappa shape index (κ1) is 87.0. The highest BCUT2D eigenvalue weighted by Gasteiger charge is 2.22. The molecule has 0 aliphatic heterocycles. The van der Waals surface area contributed by atoms with Crippen molar-refractivity contribution in [2.45, 2.75) is 347 Å². The summed E-state index contributed by atoms with van der Waals surface area (Å²) in [5.41, 5.74) is 0. The summed E-state index contributed by atoms with van der Waals surface area (Å²) >= 11 is 0. The van der Waals surface area contributed by atoms with Crippen molar-refractivity contribution in [3.05, 3.63) is 109 Å². The van der Waals surface area contributed by atoms with Crippen LogP contribution in [0.15, 0.2) is 109 Å². The molecule has 0 aliphatic rings. The molecule has 0 saturated carbocycles. The largest absolute Gasteiger partial charge is 0.545 e. The number of carbonyl (C=O) groups is 3. The van der Waals surface area contributed by atoms with Gasteiger partial charge in [-0.25, -0.2) is 0 Å². The number of carboxylic acid groups (broad SMARTS) is 1. The lowest BCUT2D eigenvalue weighted by molar-refractivity contribution is -0.870. The Morgan fingerprint density at radius 1 is 0.341 bits per heavy atom. The second kappa shape index (κ2) is 71.8. The molecule has 0 amide bonds. The van der Waals surface area contributed by atoms with Crippen molar-refractivity contribution in [2.24, 2.45) is 0 Å². The number of hydrogen-bond acceptors (Lipinski definition) is 8. The van der Waals surface area contributed by atoms with Gasteiger partial charge in [0.15, 0.2) is 12.4 Å². The van der Waals surface area contributed by atoms with Gasteiger partial charge in [0.2, 0.25) is 0 Å². The first-order chi connectivity index (χ1) is 44.6. The predicted octanol–water partition coefficient (Wildman–Crippen LogP) is 22.8. The summed E-state index contributed by atoms with van der Waals surface area (Å²) in [5.74, 6) is -2.34. The van der Waals surface area contributed by atoms with E-state index >= 15 is 0 Å². The van der Waals surface area contributed by atoms with E-state index in [0.717, 1.165) is 83.5 Å². The number of aliphatic carboxylic acids is 1. The first-order valence-corrected chi connectivity index (χ1v) is 38.0. The van der Waals surface area contributed by atoms with Crippen LogP contribution in [0, 0.1) is 0 Å². The van der Waals surface area contributed by atoms with Gasteiger partial charge in [0.25, 0.3) is 0 Å². The fourth-order valence-corrected chi connectivity index (χ4v) is 10.7. The van der Waals surface area contributed by atoms with Gasteiger partial charge in [-0.2, -0.15) is 0 Å². The molecule has 2 unspecified atom stereocenters. The third-order valence-corrected chi connectivity index (χ3v) is 16.5. The first-order valence-electron chi connectivity index (χ1n) is 38.0. The van der Waals surface area contributed by atoms with Crippen LogP contribution in [0.3, 0.4) is 0 Å². The zero-order valence-electron chi connectivity index (χ0n) is 59.9. The van der Waals surface area contributed by atoms with E-state index in [0.29, 0.717) is 17.4 Å². The zero-order chi connectivity index (χ0) is 66.1. The number of carbonyl (C=O) groups excluding carboxylic acids is 3. The van der Waals surface area contributed by atoms with Crippen LogP contribution in [0.4, 0.5) is 0 Å². The third kappa shape index (κ3) is 73.2. The molecule has 0 rings (SSSR count). The molecule has 9 heteroatoms. The van der Waals surface area contributed by atoms with Gasteiger partial charge in [-0.1, -0.05) is 329 Å². The van der Waals surface area contributed by atoms with Crippen LogP contribution in [0.1, 0.15) is 335 Å². The number of allylic oxidation sites excluding steroid dienone is 18. The molecule has 0 heterocycles. The van der Waals surface area contributed by atoms with E-state index in [2.05, 4.69) is 123 Å². The number of nitrogens with zero attached hydrogens (tertiary/aromatic N) is 1. The summed E-state index contributed by atoms with van der Waals surface area (Å²) in [4.78, 5) is 37.5. The Kier molecular flexibility index (Phi) is 68.6. The molecule has 0 aromatic carbocycles. The topological polar surface area (TPSA) is 111 Å². The lowest BCUT2D eigenvalue weighted by atomic mass is 10.0. The van der Waals surface area contributed by atoms with Crippen LogP contribution in [0.2, 0.25) is 0 Å². The van der Waals surface area contributed by atoms with Crippen molar-refractivity contribution in [3.63, 3.8) is 0 Å². The van der Waals surface area contributed by atoms with Crippen molar-refractivity contribution in [2.75, 3.05) is 47.5 Å². The fraction of sp³-hybridized carbons (Fsp3) is 0.744. The number of esters is 2. The summed E-state index contributed by atoms with van der Waals surface area (Å²) in [6, 6.07) is 0. The molecule has 9 nitrogen and oxygen atoms in total. The van der Waals surface area contributed by atoms with Gasteiger partial charge >= 0.3 is 11.9 Å². The molecule has 2 atom stereocenters. The molecular formula is C82H143NO8. The Morgan fingerprint density at radius 2 is 0.626 bits per heavy atom. The number of likely N-dealkylation sites (N-methyl/N-ethyl adjacent to an activating group) is 1. The normalized spacial score (nSPS) is 13.3. The summed E-state index contributed by atoms with van der Waals surface area (Å²) in [6.07, 6.45) is 97.9. The highest BCUT2D eigenvalue weighted by Crippen LogP contribution is 2.18. The quantitative estimate of drug-likeness (QED) is 0.0195. The maximum Gasteiger partial charge on any atom is 0.306 e. The Balaban J connectivity index is 4.06. The van der Waals surface area contributed by atoms with Crippen molar-refractivity contribution < 1.29 is 42.9 Å². The second-order valence-corrected chi connectivity index (χ2v) is 26.6. The minimum Gasteiger partial charge on any atom is -0.545 e. The molecule has 0 saturated heterocycles. The predicted molar refractivity (Wildman–Crippen MR) is 389 cm³/mol. The standard InChI is InChI=1S/C82H143NO8/c1-6-8-10-12-14-16-18-20-22-24-26-28-30-32-34-35-36-37-38-39-40-41-42-43-44-45-47-48-50-52-54-56-58-60-62-64-66-68-70-72-79(84)89-76-78(77-90-82(81(86)87)88-75-74-83(3,4)5)91-80(85)73-71-69-67-65-63-61-59-57-55-53-51-49-46-33-31-29-27-25-23-21-19-17-15-13-11-9-7-2/h9,11,15,17,21,23-24,26-27,29,33,46,51,53,57,59,63,65,78,82H,6-8,10,12-14,16,18-20,22,25,28,30-32,34-45,47-50,52,54-56,58,60-62,64,66-77H2,1-5H3/b11-9-,17-15-,23-21-,26-24-,29-27-,46-33-,53-51-,59-57-,65-63-. The molecule has 0 radical (unpaired) electrons. The van der Waals surface area contributed by atoms with Gasteiger partial charge in [0.1, 0.15) is 13.2 Å². The molecule has 0 aromatic heterocycles. The highest BCUT2D eigenvalue weighted by atomic mass is 16.7. The van der Waals surface area contributed by atoms with Gasteiger partial charge in [-0.05, 0) is 103 Å². The minimum atomic E-state index is -1.64. The molecule has 0 aliphatic carbocycles. The molecule has 0 N–H and O–H groups in total. The summed E-state index contributed by atoms with van der Waals surface area (Å²) < 4.78 is 22.8. The monoisotopic (exact) mass is 1270 g/mol. The minimum absolute atomic E-state index is 0.135. The van der Waals surface area contributed by atoms with E-state index < -0.39 is 24.3 Å². The third-order valence-electron chi connectivity index (χ3n) is 16.5. The van der Waals surface area contributed by atoms with Gasteiger partial charge in [-0.3, -0.25) is 9.59 Å². The Morgan fingerprint density at radius 3 is 0.967 bits per heavy atom. The van der Waals surface area contributed by atoms with Gasteiger partial charge in [0.05, 0.1) is 40.3 Å². The van der Waals surface area contributed by atoms with Crippen LogP contribution in [0.5, 0.6) is 0 Å². The molecule has 0 spiro atoms. The highest BCUT2D eigenvalue weighted by molar-refractivity contribution is 5.70. The van der Waals surface area contributed by atoms with E-state index in [1.54, 1.807) is 0 Å². The number of rotatable bonds is 70. The number of hydrogen-bond donors (Lipinski definition) is 0. The SMILES string of the molecule is CC/C=C\C/C=C\C/C=C\C/C=C\C/C=C\C/C=C\C/C=C\C/C=C\CCCCC(=O)OC(COC(=O)CCCCCCCCCCCCCCCCCCCCCCCCCCCCC/C=C\CCCCCCCCCC)COC(OCC[N+](C)(C)C)C(=O)[O-]. The van der Waals surface area contributed by atoms with Gasteiger partial charge in [-0.15, -0.1) is 0 Å². The molecule has 0 aromatic rings. The van der Waals surface area contributed by atoms with Crippen LogP contribution in [0.25, 0.3) is 0 Å².